The number of rotatable bonds is 7. The second-order valence-corrected chi connectivity index (χ2v) is 7.77. The van der Waals surface area contributed by atoms with E-state index in [2.05, 4.69) is 17.6 Å². The number of benzene rings is 1. The molecule has 3 atom stereocenters. The Balaban J connectivity index is 2.08. The average Bonchev–Trinajstić information content (AvgIpc) is 2.64. The first-order chi connectivity index (χ1) is 12.8. The van der Waals surface area contributed by atoms with Gasteiger partial charge < -0.3 is 20.1 Å². The second-order valence-electron chi connectivity index (χ2n) is 7.77. The fourth-order valence-corrected chi connectivity index (χ4v) is 3.55. The lowest BCUT2D eigenvalue weighted by Gasteiger charge is -2.30. The van der Waals surface area contributed by atoms with E-state index in [1.165, 1.54) is 20.6 Å². The lowest BCUT2D eigenvalue weighted by atomic mass is 9.87. The van der Waals surface area contributed by atoms with Gasteiger partial charge in [-0.05, 0) is 36.8 Å². The maximum Gasteiger partial charge on any atom is 0.252 e. The third kappa shape index (κ3) is 5.88. The highest BCUT2D eigenvalue weighted by molar-refractivity contribution is 5.98. The molecule has 1 aromatic rings. The van der Waals surface area contributed by atoms with Crippen LogP contribution in [0.25, 0.3) is 0 Å². The normalized spacial score (nSPS) is 20.7. The van der Waals surface area contributed by atoms with Crippen LogP contribution in [0.4, 0.5) is 0 Å². The summed E-state index contributed by atoms with van der Waals surface area (Å²) in [5, 5.41) is 6.00. The molecule has 0 bridgehead atoms. The maximum absolute atomic E-state index is 12.8. The van der Waals surface area contributed by atoms with Gasteiger partial charge in [0.25, 0.3) is 5.91 Å². The van der Waals surface area contributed by atoms with Crippen LogP contribution in [0.3, 0.4) is 0 Å². The molecule has 6 nitrogen and oxygen atoms in total. The van der Waals surface area contributed by atoms with Crippen molar-refractivity contribution >= 4 is 11.8 Å². The summed E-state index contributed by atoms with van der Waals surface area (Å²) in [5.74, 6) is 1.22. The molecule has 0 radical (unpaired) electrons. The summed E-state index contributed by atoms with van der Waals surface area (Å²) in [6, 6.07) is 4.57. The summed E-state index contributed by atoms with van der Waals surface area (Å²) < 4.78 is 10.4. The fraction of sp³-hybridized carbons (Fsp3) is 0.619. The topological polar surface area (TPSA) is 76.7 Å². The van der Waals surface area contributed by atoms with Crippen molar-refractivity contribution < 1.29 is 19.1 Å². The van der Waals surface area contributed by atoms with Gasteiger partial charge in [0, 0.05) is 17.7 Å². The highest BCUT2D eigenvalue weighted by Crippen LogP contribution is 2.24. The van der Waals surface area contributed by atoms with Crippen LogP contribution in [0.1, 0.15) is 56.8 Å². The molecule has 1 aliphatic rings. The maximum atomic E-state index is 12.8. The lowest BCUT2D eigenvalue weighted by Crippen LogP contribution is -2.52. The molecule has 27 heavy (non-hydrogen) atoms. The second kappa shape index (κ2) is 9.62. The number of amides is 2. The molecule has 0 heterocycles. The zero-order valence-corrected chi connectivity index (χ0v) is 17.0. The molecule has 2 amide bonds. The number of carbonyl (C=O) groups is 2. The van der Waals surface area contributed by atoms with Gasteiger partial charge in [0.1, 0.15) is 17.5 Å². The standard InChI is InChI=1S/C21H32N2O4/c1-13(2)19(21(25)22-16-8-6-7-14(3)9-16)23-20(24)15-10-17(26-4)12-18(11-15)27-5/h10-14,16,19H,6-9H2,1-5H3,(H,22,25)(H,23,24). The van der Waals surface area contributed by atoms with E-state index >= 15 is 0 Å². The van der Waals surface area contributed by atoms with Crippen molar-refractivity contribution in [2.75, 3.05) is 14.2 Å². The fourth-order valence-electron chi connectivity index (χ4n) is 3.55. The molecule has 2 rings (SSSR count). The van der Waals surface area contributed by atoms with Crippen LogP contribution < -0.4 is 20.1 Å². The Morgan fingerprint density at radius 2 is 1.70 bits per heavy atom. The predicted molar refractivity (Wildman–Crippen MR) is 105 cm³/mol. The minimum Gasteiger partial charge on any atom is -0.497 e. The van der Waals surface area contributed by atoms with Crippen LogP contribution in [-0.2, 0) is 4.79 Å². The van der Waals surface area contributed by atoms with E-state index in [9.17, 15) is 9.59 Å². The van der Waals surface area contributed by atoms with Gasteiger partial charge in [-0.25, -0.2) is 0 Å². The third-order valence-electron chi connectivity index (χ3n) is 5.13. The molecule has 0 aromatic heterocycles. The Labute approximate surface area is 162 Å². The summed E-state index contributed by atoms with van der Waals surface area (Å²) >= 11 is 0. The number of methoxy groups -OCH3 is 2. The van der Waals surface area contributed by atoms with E-state index in [1.54, 1.807) is 18.2 Å². The molecule has 1 saturated carbocycles. The van der Waals surface area contributed by atoms with E-state index in [1.807, 2.05) is 13.8 Å². The van der Waals surface area contributed by atoms with Crippen LogP contribution in [0, 0.1) is 11.8 Å². The first-order valence-corrected chi connectivity index (χ1v) is 9.68. The molecule has 0 saturated heterocycles. The number of carbonyl (C=O) groups excluding carboxylic acids is 2. The number of nitrogens with one attached hydrogen (secondary N) is 2. The summed E-state index contributed by atoms with van der Waals surface area (Å²) in [6.45, 7) is 6.08. The van der Waals surface area contributed by atoms with E-state index in [0.29, 0.717) is 23.0 Å². The summed E-state index contributed by atoms with van der Waals surface area (Å²) in [6.07, 6.45) is 4.35. The van der Waals surface area contributed by atoms with Gasteiger partial charge >= 0.3 is 0 Å². The Bertz CT molecular complexity index is 637. The molecule has 1 aliphatic carbocycles. The van der Waals surface area contributed by atoms with Crippen molar-refractivity contribution in [3.63, 3.8) is 0 Å². The summed E-state index contributed by atoms with van der Waals surface area (Å²) in [4.78, 5) is 25.5. The van der Waals surface area contributed by atoms with Crippen molar-refractivity contribution in [1.82, 2.24) is 10.6 Å². The van der Waals surface area contributed by atoms with E-state index < -0.39 is 6.04 Å². The van der Waals surface area contributed by atoms with Crippen molar-refractivity contribution in [2.45, 2.75) is 58.5 Å². The van der Waals surface area contributed by atoms with Crippen molar-refractivity contribution in [3.05, 3.63) is 23.8 Å². The number of ether oxygens (including phenoxy) is 2. The number of hydrogen-bond donors (Lipinski definition) is 2. The molecule has 2 N–H and O–H groups in total. The highest BCUT2D eigenvalue weighted by Gasteiger charge is 2.28. The van der Waals surface area contributed by atoms with Crippen LogP contribution in [-0.4, -0.2) is 38.1 Å². The average molecular weight is 376 g/mol. The van der Waals surface area contributed by atoms with Gasteiger partial charge in [0.2, 0.25) is 5.91 Å². The van der Waals surface area contributed by atoms with Gasteiger partial charge in [0.05, 0.1) is 14.2 Å². The molecule has 0 aliphatic heterocycles. The molecule has 6 heteroatoms. The van der Waals surface area contributed by atoms with Crippen LogP contribution in [0.5, 0.6) is 11.5 Å². The molecular weight excluding hydrogens is 344 g/mol. The predicted octanol–water partition coefficient (Wildman–Crippen LogP) is 3.15. The van der Waals surface area contributed by atoms with Crippen molar-refractivity contribution in [2.24, 2.45) is 11.8 Å². The van der Waals surface area contributed by atoms with Gasteiger partial charge in [0.15, 0.2) is 0 Å². The Kier molecular flexibility index (Phi) is 7.51. The van der Waals surface area contributed by atoms with E-state index in [-0.39, 0.29) is 23.8 Å². The zero-order chi connectivity index (χ0) is 20.0. The van der Waals surface area contributed by atoms with E-state index in [0.717, 1.165) is 19.3 Å². The van der Waals surface area contributed by atoms with Crippen molar-refractivity contribution in [1.29, 1.82) is 0 Å². The van der Waals surface area contributed by atoms with Crippen LogP contribution >= 0.6 is 0 Å². The smallest absolute Gasteiger partial charge is 0.252 e. The largest absolute Gasteiger partial charge is 0.497 e. The molecule has 150 valence electrons. The molecule has 0 spiro atoms. The molecule has 1 aromatic carbocycles. The third-order valence-corrected chi connectivity index (χ3v) is 5.13. The highest BCUT2D eigenvalue weighted by atomic mass is 16.5. The molecular formula is C21H32N2O4. The van der Waals surface area contributed by atoms with Gasteiger partial charge in [-0.2, -0.15) is 0 Å². The summed E-state index contributed by atoms with van der Waals surface area (Å²) in [5.41, 5.74) is 0.399. The Hall–Kier alpha value is -2.24. The Morgan fingerprint density at radius 1 is 1.07 bits per heavy atom. The van der Waals surface area contributed by atoms with Gasteiger partial charge in [-0.3, -0.25) is 9.59 Å². The number of hydrogen-bond acceptors (Lipinski definition) is 4. The quantitative estimate of drug-likeness (QED) is 0.766. The van der Waals surface area contributed by atoms with Crippen molar-refractivity contribution in [3.8, 4) is 11.5 Å². The molecule has 3 unspecified atom stereocenters. The minimum absolute atomic E-state index is 0.0255. The molecule has 1 fully saturated rings. The van der Waals surface area contributed by atoms with Crippen LogP contribution in [0.2, 0.25) is 0 Å². The first-order valence-electron chi connectivity index (χ1n) is 9.68. The van der Waals surface area contributed by atoms with E-state index in [4.69, 9.17) is 9.47 Å². The van der Waals surface area contributed by atoms with Gasteiger partial charge in [-0.15, -0.1) is 0 Å². The summed E-state index contributed by atoms with van der Waals surface area (Å²) in [7, 11) is 3.07. The minimum atomic E-state index is -0.591. The first kappa shape index (κ1) is 21.1. The Morgan fingerprint density at radius 3 is 2.22 bits per heavy atom. The SMILES string of the molecule is COc1cc(OC)cc(C(=O)NC(C(=O)NC2CCCC(C)C2)C(C)C)c1. The lowest BCUT2D eigenvalue weighted by molar-refractivity contribution is -0.125. The zero-order valence-electron chi connectivity index (χ0n) is 17.0. The monoisotopic (exact) mass is 376 g/mol. The van der Waals surface area contributed by atoms with Crippen LogP contribution in [0.15, 0.2) is 18.2 Å². The van der Waals surface area contributed by atoms with Gasteiger partial charge in [-0.1, -0.05) is 33.6 Å².